The molecule has 0 radical (unpaired) electrons. The van der Waals surface area contributed by atoms with E-state index in [0.717, 1.165) is 12.5 Å². The van der Waals surface area contributed by atoms with Gasteiger partial charge in [0.2, 0.25) is 0 Å². The summed E-state index contributed by atoms with van der Waals surface area (Å²) in [6.45, 7) is 3.22. The summed E-state index contributed by atoms with van der Waals surface area (Å²) in [5, 5.41) is 0. The van der Waals surface area contributed by atoms with Crippen LogP contribution in [-0.2, 0) is 4.74 Å². The monoisotopic (exact) mass is 176 g/mol. The second kappa shape index (κ2) is 3.93. The van der Waals surface area contributed by atoms with Gasteiger partial charge in [-0.05, 0) is 24.3 Å². The van der Waals surface area contributed by atoms with Crippen molar-refractivity contribution in [3.8, 4) is 0 Å². The molecule has 1 nitrogen and oxygen atoms in total. The lowest BCUT2D eigenvalue weighted by Gasteiger charge is -2.27. The third-order valence-electron chi connectivity index (χ3n) is 2.72. The van der Waals surface area contributed by atoms with E-state index in [-0.39, 0.29) is 0 Å². The summed E-state index contributed by atoms with van der Waals surface area (Å²) in [6, 6.07) is 10.5. The van der Waals surface area contributed by atoms with Crippen molar-refractivity contribution in [2.45, 2.75) is 25.9 Å². The maximum Gasteiger partial charge on any atom is 0.0827 e. The maximum absolute atomic E-state index is 5.73. The molecule has 0 aliphatic carbocycles. The van der Waals surface area contributed by atoms with Gasteiger partial charge >= 0.3 is 0 Å². The molecule has 1 saturated heterocycles. The van der Waals surface area contributed by atoms with E-state index in [1.807, 2.05) is 0 Å². The minimum Gasteiger partial charge on any atom is -0.374 e. The van der Waals surface area contributed by atoms with Crippen LogP contribution in [0.5, 0.6) is 0 Å². The highest BCUT2D eigenvalue weighted by atomic mass is 16.5. The molecular weight excluding hydrogens is 160 g/mol. The first kappa shape index (κ1) is 8.76. The highest BCUT2D eigenvalue weighted by Gasteiger charge is 2.20. The molecule has 70 valence electrons. The maximum atomic E-state index is 5.73. The van der Waals surface area contributed by atoms with Gasteiger partial charge in [-0.15, -0.1) is 0 Å². The van der Waals surface area contributed by atoms with Crippen LogP contribution in [0.1, 0.15) is 31.4 Å². The zero-order valence-electron chi connectivity index (χ0n) is 8.07. The number of hydrogen-bond donors (Lipinski definition) is 0. The average Bonchev–Trinajstić information content (AvgIpc) is 2.19. The number of ether oxygens (including phenoxy) is 1. The van der Waals surface area contributed by atoms with E-state index < -0.39 is 0 Å². The van der Waals surface area contributed by atoms with Crippen molar-refractivity contribution in [1.29, 1.82) is 0 Å². The van der Waals surface area contributed by atoms with Gasteiger partial charge in [0.05, 0.1) is 6.10 Å². The molecule has 0 bridgehead atoms. The van der Waals surface area contributed by atoms with Crippen molar-refractivity contribution in [3.63, 3.8) is 0 Å². The van der Waals surface area contributed by atoms with E-state index in [9.17, 15) is 0 Å². The lowest BCUT2D eigenvalue weighted by Crippen LogP contribution is -2.17. The van der Waals surface area contributed by atoms with E-state index in [1.165, 1.54) is 18.4 Å². The number of rotatable bonds is 1. The van der Waals surface area contributed by atoms with Gasteiger partial charge in [0.15, 0.2) is 0 Å². The van der Waals surface area contributed by atoms with Crippen LogP contribution in [0.4, 0.5) is 0 Å². The minimum atomic E-state index is 0.338. The molecule has 0 saturated carbocycles. The number of hydrogen-bond acceptors (Lipinski definition) is 1. The zero-order valence-corrected chi connectivity index (χ0v) is 8.07. The van der Waals surface area contributed by atoms with Crippen LogP contribution < -0.4 is 0 Å². The number of benzene rings is 1. The van der Waals surface area contributed by atoms with E-state index in [0.29, 0.717) is 6.10 Å². The van der Waals surface area contributed by atoms with Crippen molar-refractivity contribution in [2.24, 2.45) is 5.92 Å². The lowest BCUT2D eigenvalue weighted by molar-refractivity contribution is -0.00632. The normalized spacial score (nSPS) is 28.7. The summed E-state index contributed by atoms with van der Waals surface area (Å²) in [6.07, 6.45) is 2.72. The first-order chi connectivity index (χ1) is 6.36. The second-order valence-corrected chi connectivity index (χ2v) is 3.90. The van der Waals surface area contributed by atoms with E-state index in [4.69, 9.17) is 4.74 Å². The molecule has 0 aromatic heterocycles. The molecule has 0 N–H and O–H groups in total. The van der Waals surface area contributed by atoms with Crippen LogP contribution in [0, 0.1) is 5.92 Å². The van der Waals surface area contributed by atoms with E-state index >= 15 is 0 Å². The van der Waals surface area contributed by atoms with Gasteiger partial charge in [-0.25, -0.2) is 0 Å². The molecule has 2 rings (SSSR count). The van der Waals surface area contributed by atoms with Crippen LogP contribution in [0.15, 0.2) is 30.3 Å². The fourth-order valence-corrected chi connectivity index (χ4v) is 1.86. The Bertz CT molecular complexity index is 255. The van der Waals surface area contributed by atoms with Gasteiger partial charge in [-0.3, -0.25) is 0 Å². The van der Waals surface area contributed by atoms with Gasteiger partial charge in [0.1, 0.15) is 0 Å². The van der Waals surface area contributed by atoms with Crippen molar-refractivity contribution < 1.29 is 4.74 Å². The Balaban J connectivity index is 2.08. The average molecular weight is 176 g/mol. The standard InChI is InChI=1S/C12H16O/c1-10-7-8-13-12(9-10)11-5-3-2-4-6-11/h2-6,10,12H,7-9H2,1H3/t10?,12-/m0/s1. The summed E-state index contributed by atoms with van der Waals surface area (Å²) in [7, 11) is 0. The summed E-state index contributed by atoms with van der Waals surface area (Å²) >= 11 is 0. The third kappa shape index (κ3) is 2.10. The van der Waals surface area contributed by atoms with Gasteiger partial charge in [0, 0.05) is 6.61 Å². The van der Waals surface area contributed by atoms with E-state index in [1.54, 1.807) is 0 Å². The minimum absolute atomic E-state index is 0.338. The molecule has 1 aromatic rings. The fraction of sp³-hybridized carbons (Fsp3) is 0.500. The highest BCUT2D eigenvalue weighted by Crippen LogP contribution is 2.30. The molecule has 1 aromatic carbocycles. The molecule has 1 heterocycles. The van der Waals surface area contributed by atoms with Gasteiger partial charge < -0.3 is 4.74 Å². The molecule has 1 unspecified atom stereocenters. The van der Waals surface area contributed by atoms with Crippen LogP contribution >= 0.6 is 0 Å². The summed E-state index contributed by atoms with van der Waals surface area (Å²) < 4.78 is 5.73. The Hall–Kier alpha value is -0.820. The van der Waals surface area contributed by atoms with Crippen LogP contribution in [0.25, 0.3) is 0 Å². The fourth-order valence-electron chi connectivity index (χ4n) is 1.86. The molecular formula is C12H16O. The SMILES string of the molecule is CC1CCO[C@H](c2ccccc2)C1. The Kier molecular flexibility index (Phi) is 2.65. The van der Waals surface area contributed by atoms with Crippen molar-refractivity contribution in [3.05, 3.63) is 35.9 Å². The molecule has 1 aliphatic heterocycles. The zero-order chi connectivity index (χ0) is 9.10. The Morgan fingerprint density at radius 2 is 2.00 bits per heavy atom. The van der Waals surface area contributed by atoms with E-state index in [2.05, 4.69) is 37.3 Å². The van der Waals surface area contributed by atoms with Crippen molar-refractivity contribution in [2.75, 3.05) is 6.61 Å². The quantitative estimate of drug-likeness (QED) is 0.638. The molecule has 1 fully saturated rings. The largest absolute Gasteiger partial charge is 0.374 e. The van der Waals surface area contributed by atoms with Gasteiger partial charge in [0.25, 0.3) is 0 Å². The van der Waals surface area contributed by atoms with Crippen LogP contribution in [0.3, 0.4) is 0 Å². The second-order valence-electron chi connectivity index (χ2n) is 3.90. The van der Waals surface area contributed by atoms with Gasteiger partial charge in [-0.2, -0.15) is 0 Å². The molecule has 1 heteroatoms. The first-order valence-electron chi connectivity index (χ1n) is 5.03. The Morgan fingerprint density at radius 1 is 1.23 bits per heavy atom. The summed E-state index contributed by atoms with van der Waals surface area (Å²) in [5.41, 5.74) is 1.33. The lowest BCUT2D eigenvalue weighted by atomic mass is 9.94. The molecule has 0 spiro atoms. The molecule has 13 heavy (non-hydrogen) atoms. The first-order valence-corrected chi connectivity index (χ1v) is 5.03. The smallest absolute Gasteiger partial charge is 0.0827 e. The summed E-state index contributed by atoms with van der Waals surface area (Å²) in [4.78, 5) is 0. The highest BCUT2D eigenvalue weighted by molar-refractivity contribution is 5.17. The molecule has 1 aliphatic rings. The van der Waals surface area contributed by atoms with Gasteiger partial charge in [-0.1, -0.05) is 37.3 Å². The topological polar surface area (TPSA) is 9.23 Å². The molecule has 0 amide bonds. The Morgan fingerprint density at radius 3 is 2.69 bits per heavy atom. The van der Waals surface area contributed by atoms with Crippen LogP contribution in [-0.4, -0.2) is 6.61 Å². The predicted molar refractivity (Wildman–Crippen MR) is 53.5 cm³/mol. The Labute approximate surface area is 79.7 Å². The third-order valence-corrected chi connectivity index (χ3v) is 2.72. The van der Waals surface area contributed by atoms with Crippen molar-refractivity contribution >= 4 is 0 Å². The summed E-state index contributed by atoms with van der Waals surface area (Å²) in [5.74, 6) is 0.805. The van der Waals surface area contributed by atoms with Crippen LogP contribution in [0.2, 0.25) is 0 Å². The van der Waals surface area contributed by atoms with Crippen molar-refractivity contribution in [1.82, 2.24) is 0 Å². The molecule has 2 atom stereocenters. The predicted octanol–water partition coefficient (Wildman–Crippen LogP) is 3.17.